The van der Waals surface area contributed by atoms with Crippen molar-refractivity contribution >= 4 is 16.6 Å². The van der Waals surface area contributed by atoms with Gasteiger partial charge in [-0.2, -0.15) is 0 Å². The van der Waals surface area contributed by atoms with Crippen LogP contribution in [0.2, 0.25) is 0 Å². The van der Waals surface area contributed by atoms with Gasteiger partial charge in [0.05, 0.1) is 16.9 Å². The summed E-state index contributed by atoms with van der Waals surface area (Å²) in [6.07, 6.45) is 6.84. The van der Waals surface area contributed by atoms with E-state index in [1.54, 1.807) is 10.6 Å². The maximum atomic E-state index is 12.8. The molecule has 28 heavy (non-hydrogen) atoms. The monoisotopic (exact) mass is 373 g/mol. The van der Waals surface area contributed by atoms with Crippen molar-refractivity contribution < 1.29 is 0 Å². The Kier molecular flexibility index (Phi) is 3.87. The standard InChI is InChI=1S/C22H23N5O/c1-14-3-6-19(25-24-14)15-8-10-27(22(28)11-15)16-4-5-17-18-13-23-9-7-20(18)26(2)21(17)12-16/h3-6,8,10-12,23-25H,7,9,13H2,1-2H3. The van der Waals surface area contributed by atoms with Crippen LogP contribution < -0.4 is 21.7 Å². The Hall–Kier alpha value is -3.25. The Labute approximate surface area is 163 Å². The van der Waals surface area contributed by atoms with Crippen LogP contribution >= 0.6 is 0 Å². The molecule has 0 saturated heterocycles. The zero-order valence-electron chi connectivity index (χ0n) is 16.0. The van der Waals surface area contributed by atoms with Gasteiger partial charge in [-0.3, -0.25) is 9.36 Å². The molecule has 0 radical (unpaired) electrons. The summed E-state index contributed by atoms with van der Waals surface area (Å²) in [5.74, 6) is 0. The summed E-state index contributed by atoms with van der Waals surface area (Å²) in [6.45, 7) is 3.90. The van der Waals surface area contributed by atoms with Crippen molar-refractivity contribution in [2.24, 2.45) is 7.05 Å². The summed E-state index contributed by atoms with van der Waals surface area (Å²) in [7, 11) is 2.12. The molecule has 0 aliphatic carbocycles. The number of aryl methyl sites for hydroxylation is 1. The van der Waals surface area contributed by atoms with E-state index in [2.05, 4.69) is 39.9 Å². The fourth-order valence-electron chi connectivity index (χ4n) is 4.13. The van der Waals surface area contributed by atoms with Gasteiger partial charge in [0.2, 0.25) is 0 Å². The van der Waals surface area contributed by atoms with E-state index in [1.807, 2.05) is 37.4 Å². The van der Waals surface area contributed by atoms with E-state index in [0.717, 1.165) is 42.2 Å². The van der Waals surface area contributed by atoms with Crippen molar-refractivity contribution in [2.75, 3.05) is 6.54 Å². The minimum Gasteiger partial charge on any atom is -0.347 e. The van der Waals surface area contributed by atoms with E-state index >= 15 is 0 Å². The molecule has 3 aromatic rings. The molecule has 6 heteroatoms. The van der Waals surface area contributed by atoms with Crippen LogP contribution in [0.3, 0.4) is 0 Å². The first-order valence-electron chi connectivity index (χ1n) is 9.57. The van der Waals surface area contributed by atoms with Gasteiger partial charge in [-0.25, -0.2) is 0 Å². The molecular weight excluding hydrogens is 350 g/mol. The summed E-state index contributed by atoms with van der Waals surface area (Å²) < 4.78 is 3.97. The third-order valence-corrected chi connectivity index (χ3v) is 5.66. The van der Waals surface area contributed by atoms with E-state index in [4.69, 9.17) is 0 Å². The predicted molar refractivity (Wildman–Crippen MR) is 112 cm³/mol. The molecule has 6 nitrogen and oxygen atoms in total. The fraction of sp³-hybridized carbons (Fsp3) is 0.227. The number of allylic oxidation sites excluding steroid dienone is 3. The Morgan fingerprint density at radius 1 is 1.07 bits per heavy atom. The lowest BCUT2D eigenvalue weighted by molar-refractivity contribution is 0.622. The highest BCUT2D eigenvalue weighted by Crippen LogP contribution is 2.29. The van der Waals surface area contributed by atoms with Crippen molar-refractivity contribution in [3.8, 4) is 5.69 Å². The highest BCUT2D eigenvalue weighted by Gasteiger charge is 2.18. The van der Waals surface area contributed by atoms with Gasteiger partial charge in [0.1, 0.15) is 0 Å². The van der Waals surface area contributed by atoms with Crippen LogP contribution in [0.1, 0.15) is 23.7 Å². The van der Waals surface area contributed by atoms with Crippen molar-refractivity contribution in [1.29, 1.82) is 0 Å². The van der Waals surface area contributed by atoms with E-state index < -0.39 is 0 Å². The van der Waals surface area contributed by atoms with Crippen molar-refractivity contribution in [2.45, 2.75) is 19.9 Å². The van der Waals surface area contributed by atoms with E-state index in [9.17, 15) is 4.79 Å². The second kappa shape index (κ2) is 6.42. The van der Waals surface area contributed by atoms with Gasteiger partial charge in [0.25, 0.3) is 5.56 Å². The Balaban J connectivity index is 1.57. The molecule has 0 unspecified atom stereocenters. The average Bonchev–Trinajstić information content (AvgIpc) is 3.01. The van der Waals surface area contributed by atoms with E-state index in [1.165, 1.54) is 22.2 Å². The number of hydrogen-bond donors (Lipinski definition) is 3. The first kappa shape index (κ1) is 16.9. The van der Waals surface area contributed by atoms with Gasteiger partial charge in [0, 0.05) is 61.2 Å². The molecule has 3 N–H and O–H groups in total. The third-order valence-electron chi connectivity index (χ3n) is 5.66. The number of rotatable bonds is 2. The number of nitrogens with one attached hydrogen (secondary N) is 3. The lowest BCUT2D eigenvalue weighted by Gasteiger charge is -2.17. The molecule has 5 rings (SSSR count). The van der Waals surface area contributed by atoms with Crippen LogP contribution in [0.25, 0.3) is 22.3 Å². The summed E-state index contributed by atoms with van der Waals surface area (Å²) in [6, 6.07) is 9.91. The van der Waals surface area contributed by atoms with Gasteiger partial charge in [-0.15, -0.1) is 0 Å². The smallest absolute Gasteiger partial charge is 0.255 e. The maximum absolute atomic E-state index is 12.8. The molecule has 2 aliphatic heterocycles. The number of hydrazine groups is 1. The topological polar surface area (TPSA) is 63.0 Å². The first-order valence-corrected chi connectivity index (χ1v) is 9.57. The normalized spacial score (nSPS) is 16.1. The quantitative estimate of drug-likeness (QED) is 0.645. The zero-order chi connectivity index (χ0) is 19.3. The van der Waals surface area contributed by atoms with Crippen LogP contribution in [0, 0.1) is 0 Å². The minimum absolute atomic E-state index is 0.0496. The largest absolute Gasteiger partial charge is 0.347 e. The summed E-state index contributed by atoms with van der Waals surface area (Å²) >= 11 is 0. The molecule has 0 saturated carbocycles. The minimum atomic E-state index is -0.0496. The lowest BCUT2D eigenvalue weighted by Crippen LogP contribution is -2.31. The second-order valence-electron chi connectivity index (χ2n) is 7.42. The first-order chi connectivity index (χ1) is 13.6. The number of benzene rings is 1. The van der Waals surface area contributed by atoms with Crippen molar-refractivity contribution in [1.82, 2.24) is 25.3 Å². The molecule has 0 atom stereocenters. The highest BCUT2D eigenvalue weighted by atomic mass is 16.1. The van der Waals surface area contributed by atoms with E-state index in [0.29, 0.717) is 0 Å². The molecule has 4 heterocycles. The Morgan fingerprint density at radius 2 is 1.96 bits per heavy atom. The Morgan fingerprint density at radius 3 is 2.75 bits per heavy atom. The SMILES string of the molecule is CC1=CC=C(c2ccn(-c3ccc4c5c(n(C)c4c3)CCNC5)c(=O)c2)NN1. The number of pyridine rings is 1. The predicted octanol–water partition coefficient (Wildman–Crippen LogP) is 2.33. The maximum Gasteiger partial charge on any atom is 0.255 e. The molecule has 0 bridgehead atoms. The van der Waals surface area contributed by atoms with Gasteiger partial charge >= 0.3 is 0 Å². The van der Waals surface area contributed by atoms with E-state index in [-0.39, 0.29) is 5.56 Å². The van der Waals surface area contributed by atoms with Gasteiger partial charge in [-0.05, 0) is 42.8 Å². The molecule has 1 aromatic carbocycles. The highest BCUT2D eigenvalue weighted by molar-refractivity contribution is 5.87. The lowest BCUT2D eigenvalue weighted by atomic mass is 10.1. The number of fused-ring (bicyclic) bond motifs is 3. The van der Waals surface area contributed by atoms with Gasteiger partial charge < -0.3 is 20.7 Å². The molecule has 142 valence electrons. The van der Waals surface area contributed by atoms with Crippen LogP contribution in [0.15, 0.2) is 59.2 Å². The molecule has 2 aliphatic rings. The fourth-order valence-corrected chi connectivity index (χ4v) is 4.13. The zero-order valence-corrected chi connectivity index (χ0v) is 16.0. The number of aromatic nitrogens is 2. The van der Waals surface area contributed by atoms with Gasteiger partial charge in [0.15, 0.2) is 0 Å². The number of nitrogens with zero attached hydrogens (tertiary/aromatic N) is 2. The van der Waals surface area contributed by atoms with Crippen LogP contribution in [0.5, 0.6) is 0 Å². The third kappa shape index (κ3) is 2.65. The molecule has 2 aromatic heterocycles. The molecule has 0 fully saturated rings. The molecule has 0 amide bonds. The van der Waals surface area contributed by atoms with Crippen molar-refractivity contribution in [3.05, 3.63) is 81.6 Å². The second-order valence-corrected chi connectivity index (χ2v) is 7.42. The molecular formula is C22H23N5O. The summed E-state index contributed by atoms with van der Waals surface area (Å²) in [5.41, 5.74) is 13.7. The van der Waals surface area contributed by atoms with Crippen molar-refractivity contribution in [3.63, 3.8) is 0 Å². The Bertz CT molecular complexity index is 1210. The van der Waals surface area contributed by atoms with Crippen LogP contribution in [-0.2, 0) is 20.0 Å². The van der Waals surface area contributed by atoms with Crippen LogP contribution in [0.4, 0.5) is 0 Å². The summed E-state index contributed by atoms with van der Waals surface area (Å²) in [4.78, 5) is 12.8. The average molecular weight is 373 g/mol. The summed E-state index contributed by atoms with van der Waals surface area (Å²) in [5, 5.41) is 4.72. The number of hydrogen-bond acceptors (Lipinski definition) is 4. The van der Waals surface area contributed by atoms with Gasteiger partial charge in [-0.1, -0.05) is 6.07 Å². The molecule has 0 spiro atoms. The van der Waals surface area contributed by atoms with Crippen LogP contribution in [-0.4, -0.2) is 15.7 Å².